The van der Waals surface area contributed by atoms with Crippen LogP contribution in [0.1, 0.15) is 354 Å². The Labute approximate surface area is 443 Å². The number of hydrogen-bond donors (Lipinski definition) is 3. The number of hydrogen-bond acceptors (Lipinski definition) is 5. The molecular formula is C65H125NO5. The summed E-state index contributed by atoms with van der Waals surface area (Å²) in [5.74, 6) is -0.0559. The fraction of sp³-hybridized carbons (Fsp3) is 0.908. The lowest BCUT2D eigenvalue weighted by Crippen LogP contribution is -2.45. The van der Waals surface area contributed by atoms with Crippen molar-refractivity contribution in [2.24, 2.45) is 0 Å². The first kappa shape index (κ1) is 69.3. The van der Waals surface area contributed by atoms with Gasteiger partial charge in [-0.3, -0.25) is 9.59 Å². The summed E-state index contributed by atoms with van der Waals surface area (Å²) in [5.41, 5.74) is 0. The van der Waals surface area contributed by atoms with Gasteiger partial charge in [-0.25, -0.2) is 0 Å². The van der Waals surface area contributed by atoms with Crippen molar-refractivity contribution < 1.29 is 24.5 Å². The van der Waals surface area contributed by atoms with E-state index < -0.39 is 12.1 Å². The molecule has 2 unspecified atom stereocenters. The van der Waals surface area contributed by atoms with Crippen LogP contribution in [-0.4, -0.2) is 47.4 Å². The first-order chi connectivity index (χ1) is 35.0. The average Bonchev–Trinajstić information content (AvgIpc) is 3.37. The smallest absolute Gasteiger partial charge is 0.305 e. The molecule has 0 radical (unpaired) electrons. The van der Waals surface area contributed by atoms with Gasteiger partial charge in [-0.2, -0.15) is 0 Å². The van der Waals surface area contributed by atoms with Gasteiger partial charge in [-0.15, -0.1) is 0 Å². The lowest BCUT2D eigenvalue weighted by Gasteiger charge is -2.22. The molecule has 2 atom stereocenters. The number of amides is 1. The van der Waals surface area contributed by atoms with Gasteiger partial charge in [0.1, 0.15) is 0 Å². The summed E-state index contributed by atoms with van der Waals surface area (Å²) in [4.78, 5) is 24.6. The molecule has 0 fully saturated rings. The van der Waals surface area contributed by atoms with E-state index in [-0.39, 0.29) is 18.5 Å². The Hall–Kier alpha value is -1.66. The largest absolute Gasteiger partial charge is 0.466 e. The van der Waals surface area contributed by atoms with E-state index in [0.717, 1.165) is 57.8 Å². The second kappa shape index (κ2) is 60.9. The van der Waals surface area contributed by atoms with E-state index in [0.29, 0.717) is 25.9 Å². The molecule has 0 bridgehead atoms. The van der Waals surface area contributed by atoms with Crippen LogP contribution in [0.25, 0.3) is 0 Å². The third-order valence-corrected chi connectivity index (χ3v) is 15.0. The van der Waals surface area contributed by atoms with Crippen molar-refractivity contribution in [2.45, 2.75) is 366 Å². The fourth-order valence-corrected chi connectivity index (χ4v) is 10.1. The van der Waals surface area contributed by atoms with Crippen LogP contribution in [-0.2, 0) is 14.3 Å². The number of aliphatic hydroxyl groups excluding tert-OH is 2. The van der Waals surface area contributed by atoms with Crippen LogP contribution in [0.15, 0.2) is 24.3 Å². The zero-order valence-corrected chi connectivity index (χ0v) is 48.0. The average molecular weight is 1000 g/mol. The monoisotopic (exact) mass is 1000 g/mol. The molecule has 0 spiro atoms. The summed E-state index contributed by atoms with van der Waals surface area (Å²) in [6.07, 6.45) is 74.7. The first-order valence-electron chi connectivity index (χ1n) is 32.1. The Balaban J connectivity index is 3.44. The number of aliphatic hydroxyl groups is 2. The van der Waals surface area contributed by atoms with Crippen LogP contribution in [0.2, 0.25) is 0 Å². The van der Waals surface area contributed by atoms with E-state index in [9.17, 15) is 19.8 Å². The Bertz CT molecular complexity index is 1110. The Kier molecular flexibility index (Phi) is 59.5. The van der Waals surface area contributed by atoms with Crippen LogP contribution >= 0.6 is 0 Å². The first-order valence-corrected chi connectivity index (χ1v) is 32.1. The van der Waals surface area contributed by atoms with E-state index >= 15 is 0 Å². The van der Waals surface area contributed by atoms with Crippen LogP contribution in [0, 0.1) is 0 Å². The number of rotatable bonds is 60. The molecule has 0 aliphatic carbocycles. The van der Waals surface area contributed by atoms with Crippen LogP contribution in [0.4, 0.5) is 0 Å². The van der Waals surface area contributed by atoms with Crippen molar-refractivity contribution in [3.63, 3.8) is 0 Å². The molecule has 0 saturated carbocycles. The van der Waals surface area contributed by atoms with Gasteiger partial charge in [-0.05, 0) is 57.8 Å². The molecule has 1 amide bonds. The molecule has 0 saturated heterocycles. The number of nitrogens with one attached hydrogen (secondary N) is 1. The second-order valence-electron chi connectivity index (χ2n) is 22.1. The molecule has 0 aromatic carbocycles. The van der Waals surface area contributed by atoms with E-state index in [1.165, 1.54) is 263 Å². The van der Waals surface area contributed by atoms with Gasteiger partial charge in [0, 0.05) is 12.8 Å². The van der Waals surface area contributed by atoms with Crippen molar-refractivity contribution in [2.75, 3.05) is 13.2 Å². The zero-order chi connectivity index (χ0) is 51.4. The molecule has 0 heterocycles. The summed E-state index contributed by atoms with van der Waals surface area (Å²) in [6, 6.07) is -0.553. The van der Waals surface area contributed by atoms with Gasteiger partial charge in [0.25, 0.3) is 0 Å². The van der Waals surface area contributed by atoms with Gasteiger partial charge < -0.3 is 20.3 Å². The number of carbonyl (C=O) groups is 2. The zero-order valence-electron chi connectivity index (χ0n) is 48.0. The number of carbonyl (C=O) groups excluding carboxylic acids is 2. The fourth-order valence-electron chi connectivity index (χ4n) is 10.1. The Morgan fingerprint density at radius 1 is 0.394 bits per heavy atom. The standard InChI is InChI=1S/C65H125NO5/c1-3-5-7-9-11-13-15-17-19-21-23-24-25-26-27-28-30-33-37-41-45-49-53-57-63(68)62(61-67)66-64(69)58-54-50-46-42-38-34-32-36-40-44-48-52-56-60-71-65(70)59-55-51-47-43-39-35-31-29-22-20-18-16-14-12-10-8-6-4-2/h14,16,20,22,62-63,67-68H,3-13,15,17-19,21,23-61H2,1-2H3,(H,66,69)/b16-14-,22-20-. The second-order valence-corrected chi connectivity index (χ2v) is 22.1. The summed E-state index contributed by atoms with van der Waals surface area (Å²) in [5, 5.41) is 23.4. The maximum absolute atomic E-state index is 12.5. The lowest BCUT2D eigenvalue weighted by molar-refractivity contribution is -0.143. The molecule has 6 nitrogen and oxygen atoms in total. The summed E-state index contributed by atoms with van der Waals surface area (Å²) in [6.45, 7) is 4.94. The topological polar surface area (TPSA) is 95.9 Å². The molecule has 0 rings (SSSR count). The van der Waals surface area contributed by atoms with E-state index in [1.807, 2.05) is 0 Å². The highest BCUT2D eigenvalue weighted by atomic mass is 16.5. The molecular weight excluding hydrogens is 875 g/mol. The van der Waals surface area contributed by atoms with Crippen molar-refractivity contribution in [1.29, 1.82) is 0 Å². The molecule has 420 valence electrons. The van der Waals surface area contributed by atoms with Crippen molar-refractivity contribution in [3.05, 3.63) is 24.3 Å². The molecule has 0 aliphatic heterocycles. The van der Waals surface area contributed by atoms with E-state index in [4.69, 9.17) is 4.74 Å². The third-order valence-electron chi connectivity index (χ3n) is 15.0. The van der Waals surface area contributed by atoms with Gasteiger partial charge in [0.15, 0.2) is 0 Å². The lowest BCUT2D eigenvalue weighted by atomic mass is 10.0. The molecule has 0 aromatic heterocycles. The number of ether oxygens (including phenoxy) is 1. The predicted octanol–water partition coefficient (Wildman–Crippen LogP) is 20.2. The van der Waals surface area contributed by atoms with Crippen molar-refractivity contribution in [1.82, 2.24) is 5.32 Å². The Morgan fingerprint density at radius 3 is 1.08 bits per heavy atom. The molecule has 0 aliphatic rings. The van der Waals surface area contributed by atoms with Gasteiger partial charge in [-0.1, -0.05) is 308 Å². The van der Waals surface area contributed by atoms with Crippen LogP contribution < -0.4 is 5.32 Å². The normalized spacial score (nSPS) is 12.7. The minimum absolute atomic E-state index is 0.0116. The Morgan fingerprint density at radius 2 is 0.704 bits per heavy atom. The highest BCUT2D eigenvalue weighted by Crippen LogP contribution is 2.18. The van der Waals surface area contributed by atoms with Crippen LogP contribution in [0.5, 0.6) is 0 Å². The number of allylic oxidation sites excluding steroid dienone is 4. The van der Waals surface area contributed by atoms with E-state index in [2.05, 4.69) is 43.5 Å². The van der Waals surface area contributed by atoms with Crippen LogP contribution in [0.3, 0.4) is 0 Å². The molecule has 0 aromatic rings. The van der Waals surface area contributed by atoms with E-state index in [1.54, 1.807) is 0 Å². The maximum Gasteiger partial charge on any atom is 0.305 e. The highest BCUT2D eigenvalue weighted by Gasteiger charge is 2.20. The van der Waals surface area contributed by atoms with Crippen molar-refractivity contribution >= 4 is 11.9 Å². The molecule has 6 heteroatoms. The SMILES string of the molecule is CCCCCC/C=C\C/C=C\CCCCCCCCCC(=O)OCCCCCCCCCCCCCCCC(=O)NC(CO)C(O)CCCCCCCCCCCCCCCCCCCCCCCCC. The number of unbranched alkanes of at least 4 members (excludes halogenated alkanes) is 45. The highest BCUT2D eigenvalue weighted by molar-refractivity contribution is 5.76. The van der Waals surface area contributed by atoms with Gasteiger partial charge in [0.2, 0.25) is 5.91 Å². The third kappa shape index (κ3) is 57.5. The quantitative estimate of drug-likeness (QED) is 0.0320. The minimum Gasteiger partial charge on any atom is -0.466 e. The predicted molar refractivity (Wildman–Crippen MR) is 310 cm³/mol. The summed E-state index contributed by atoms with van der Waals surface area (Å²) < 4.78 is 5.48. The molecule has 71 heavy (non-hydrogen) atoms. The van der Waals surface area contributed by atoms with Crippen molar-refractivity contribution in [3.8, 4) is 0 Å². The molecule has 3 N–H and O–H groups in total. The minimum atomic E-state index is -0.675. The summed E-state index contributed by atoms with van der Waals surface area (Å²) >= 11 is 0. The number of esters is 1. The van der Waals surface area contributed by atoms with Gasteiger partial charge in [0.05, 0.1) is 25.4 Å². The van der Waals surface area contributed by atoms with Gasteiger partial charge >= 0.3 is 5.97 Å². The summed E-state index contributed by atoms with van der Waals surface area (Å²) in [7, 11) is 0. The maximum atomic E-state index is 12.5.